The van der Waals surface area contributed by atoms with Crippen LogP contribution >= 0.6 is 11.3 Å². The van der Waals surface area contributed by atoms with Crippen molar-refractivity contribution in [1.82, 2.24) is 15.6 Å². The molecule has 3 N–H and O–H groups in total. The number of carboxylic acid groups (broad SMARTS) is 1. The molecule has 0 bridgehead atoms. The summed E-state index contributed by atoms with van der Waals surface area (Å²) in [4.78, 5) is 26.2. The molecule has 1 aliphatic rings. The first-order chi connectivity index (χ1) is 9.15. The van der Waals surface area contributed by atoms with Crippen molar-refractivity contribution in [3.8, 4) is 0 Å². The van der Waals surface area contributed by atoms with Crippen LogP contribution in [0.4, 0.5) is 0 Å². The van der Waals surface area contributed by atoms with Crippen LogP contribution in [0.5, 0.6) is 0 Å². The molecule has 1 saturated carbocycles. The summed E-state index contributed by atoms with van der Waals surface area (Å²) >= 11 is 1.24. The van der Waals surface area contributed by atoms with Gasteiger partial charge in [-0.25, -0.2) is 9.78 Å². The third-order valence-electron chi connectivity index (χ3n) is 3.11. The van der Waals surface area contributed by atoms with Crippen LogP contribution < -0.4 is 10.6 Å². The van der Waals surface area contributed by atoms with Crippen LogP contribution in [-0.4, -0.2) is 34.6 Å². The van der Waals surface area contributed by atoms with E-state index >= 15 is 0 Å². The SMILES string of the molecule is O=C(CNC1CCCC1)NCc1nc(C(=O)O)cs1. The minimum atomic E-state index is -1.04. The van der Waals surface area contributed by atoms with Crippen molar-refractivity contribution < 1.29 is 14.7 Å². The summed E-state index contributed by atoms with van der Waals surface area (Å²) in [5.74, 6) is -1.13. The molecule has 1 fully saturated rings. The molecule has 0 aromatic carbocycles. The molecule has 1 aromatic rings. The zero-order valence-corrected chi connectivity index (χ0v) is 11.3. The summed E-state index contributed by atoms with van der Waals surface area (Å²) in [5.41, 5.74) is 0.0262. The maximum atomic E-state index is 11.6. The van der Waals surface area contributed by atoms with E-state index in [2.05, 4.69) is 15.6 Å². The lowest BCUT2D eigenvalue weighted by molar-refractivity contribution is -0.120. The van der Waals surface area contributed by atoms with Crippen LogP contribution in [0.15, 0.2) is 5.38 Å². The Labute approximate surface area is 115 Å². The van der Waals surface area contributed by atoms with Crippen LogP contribution in [-0.2, 0) is 11.3 Å². The second kappa shape index (κ2) is 6.63. The van der Waals surface area contributed by atoms with E-state index in [4.69, 9.17) is 5.11 Å². The number of nitrogens with zero attached hydrogens (tertiary/aromatic N) is 1. The van der Waals surface area contributed by atoms with E-state index in [0.29, 0.717) is 17.6 Å². The van der Waals surface area contributed by atoms with Gasteiger partial charge < -0.3 is 15.7 Å². The van der Waals surface area contributed by atoms with Crippen molar-refractivity contribution in [2.75, 3.05) is 6.54 Å². The van der Waals surface area contributed by atoms with Gasteiger partial charge in [0.2, 0.25) is 5.91 Å². The first kappa shape index (κ1) is 14.0. The number of carbonyl (C=O) groups excluding carboxylic acids is 1. The number of nitrogens with one attached hydrogen (secondary N) is 2. The van der Waals surface area contributed by atoms with E-state index in [1.165, 1.54) is 29.6 Å². The quantitative estimate of drug-likeness (QED) is 0.724. The summed E-state index contributed by atoms with van der Waals surface area (Å²) in [6.45, 7) is 0.588. The highest BCUT2D eigenvalue weighted by Crippen LogP contribution is 2.17. The molecule has 0 saturated heterocycles. The standard InChI is InChI=1S/C12H17N3O3S/c16-10(5-13-8-3-1-2-4-8)14-6-11-15-9(7-19-11)12(17)18/h7-8,13H,1-6H2,(H,14,16)(H,17,18). The summed E-state index contributed by atoms with van der Waals surface area (Å²) < 4.78 is 0. The van der Waals surface area contributed by atoms with Crippen molar-refractivity contribution in [2.45, 2.75) is 38.3 Å². The van der Waals surface area contributed by atoms with Gasteiger partial charge in [0, 0.05) is 11.4 Å². The van der Waals surface area contributed by atoms with Gasteiger partial charge in [0.25, 0.3) is 0 Å². The van der Waals surface area contributed by atoms with Crippen LogP contribution in [0, 0.1) is 0 Å². The maximum absolute atomic E-state index is 11.6. The lowest BCUT2D eigenvalue weighted by Gasteiger charge is -2.11. The molecule has 2 rings (SSSR count). The number of carbonyl (C=O) groups is 2. The fraction of sp³-hybridized carbons (Fsp3) is 0.583. The molecule has 0 unspecified atom stereocenters. The molecule has 1 aromatic heterocycles. The van der Waals surface area contributed by atoms with E-state index in [1.807, 2.05) is 0 Å². The molecule has 0 atom stereocenters. The van der Waals surface area contributed by atoms with Gasteiger partial charge in [0.15, 0.2) is 5.69 Å². The molecule has 19 heavy (non-hydrogen) atoms. The van der Waals surface area contributed by atoms with Crippen LogP contribution in [0.25, 0.3) is 0 Å². The lowest BCUT2D eigenvalue weighted by Crippen LogP contribution is -2.37. The second-order valence-corrected chi connectivity index (χ2v) is 5.51. The van der Waals surface area contributed by atoms with Gasteiger partial charge in [-0.1, -0.05) is 12.8 Å². The Balaban J connectivity index is 1.68. The topological polar surface area (TPSA) is 91.3 Å². The fourth-order valence-corrected chi connectivity index (χ4v) is 2.80. The van der Waals surface area contributed by atoms with Gasteiger partial charge in [-0.15, -0.1) is 11.3 Å². The molecule has 1 heterocycles. The Morgan fingerprint density at radius 2 is 2.16 bits per heavy atom. The smallest absolute Gasteiger partial charge is 0.355 e. The number of thiazole rings is 1. The third-order valence-corrected chi connectivity index (χ3v) is 3.96. The fourth-order valence-electron chi connectivity index (χ4n) is 2.09. The molecule has 0 spiro atoms. The number of rotatable bonds is 6. The molecule has 0 aliphatic heterocycles. The third kappa shape index (κ3) is 4.29. The highest BCUT2D eigenvalue weighted by molar-refractivity contribution is 7.09. The monoisotopic (exact) mass is 283 g/mol. The highest BCUT2D eigenvalue weighted by Gasteiger charge is 2.15. The first-order valence-electron chi connectivity index (χ1n) is 6.33. The average Bonchev–Trinajstić information content (AvgIpc) is 3.05. The molecule has 1 aliphatic carbocycles. The summed E-state index contributed by atoms with van der Waals surface area (Å²) in [6, 6.07) is 0.462. The molecule has 104 valence electrons. The van der Waals surface area contributed by atoms with Crippen LogP contribution in [0.3, 0.4) is 0 Å². The number of carboxylic acids is 1. The predicted molar refractivity (Wildman–Crippen MR) is 71.2 cm³/mol. The number of aromatic carboxylic acids is 1. The summed E-state index contributed by atoms with van der Waals surface area (Å²) in [7, 11) is 0. The van der Waals surface area contributed by atoms with E-state index in [9.17, 15) is 9.59 Å². The minimum Gasteiger partial charge on any atom is -0.476 e. The number of hydrogen-bond acceptors (Lipinski definition) is 5. The number of hydrogen-bond donors (Lipinski definition) is 3. The van der Waals surface area contributed by atoms with E-state index in [1.54, 1.807) is 0 Å². The number of amides is 1. The Hall–Kier alpha value is -1.47. The maximum Gasteiger partial charge on any atom is 0.355 e. The van der Waals surface area contributed by atoms with Gasteiger partial charge >= 0.3 is 5.97 Å². The molecule has 7 heteroatoms. The van der Waals surface area contributed by atoms with Gasteiger partial charge in [-0.2, -0.15) is 0 Å². The van der Waals surface area contributed by atoms with E-state index in [-0.39, 0.29) is 18.1 Å². The zero-order chi connectivity index (χ0) is 13.7. The zero-order valence-electron chi connectivity index (χ0n) is 10.5. The predicted octanol–water partition coefficient (Wildman–Crippen LogP) is 0.990. The lowest BCUT2D eigenvalue weighted by atomic mass is 10.2. The van der Waals surface area contributed by atoms with Gasteiger partial charge in [0.1, 0.15) is 5.01 Å². The number of aromatic nitrogens is 1. The van der Waals surface area contributed by atoms with E-state index < -0.39 is 5.97 Å². The first-order valence-corrected chi connectivity index (χ1v) is 7.21. The molecular weight excluding hydrogens is 266 g/mol. The van der Waals surface area contributed by atoms with Crippen LogP contribution in [0.1, 0.15) is 41.2 Å². The molecular formula is C12H17N3O3S. The second-order valence-electron chi connectivity index (χ2n) is 4.57. The average molecular weight is 283 g/mol. The van der Waals surface area contributed by atoms with Crippen molar-refractivity contribution >= 4 is 23.2 Å². The van der Waals surface area contributed by atoms with Gasteiger partial charge in [-0.3, -0.25) is 4.79 Å². The van der Waals surface area contributed by atoms with Crippen molar-refractivity contribution in [3.63, 3.8) is 0 Å². The summed E-state index contributed by atoms with van der Waals surface area (Å²) in [5, 5.41) is 16.8. The normalized spacial score (nSPS) is 15.6. The Morgan fingerprint density at radius 1 is 1.42 bits per heavy atom. The van der Waals surface area contributed by atoms with Crippen molar-refractivity contribution in [3.05, 3.63) is 16.1 Å². The molecule has 6 nitrogen and oxygen atoms in total. The minimum absolute atomic E-state index is 0.0262. The highest BCUT2D eigenvalue weighted by atomic mass is 32.1. The molecule has 0 radical (unpaired) electrons. The Kier molecular flexibility index (Phi) is 4.86. The van der Waals surface area contributed by atoms with Crippen LogP contribution in [0.2, 0.25) is 0 Å². The largest absolute Gasteiger partial charge is 0.476 e. The Morgan fingerprint density at radius 3 is 2.79 bits per heavy atom. The summed E-state index contributed by atoms with van der Waals surface area (Å²) in [6.07, 6.45) is 4.75. The Bertz CT molecular complexity index is 455. The van der Waals surface area contributed by atoms with Gasteiger partial charge in [0.05, 0.1) is 13.1 Å². The van der Waals surface area contributed by atoms with Gasteiger partial charge in [-0.05, 0) is 12.8 Å². The van der Waals surface area contributed by atoms with E-state index in [0.717, 1.165) is 12.8 Å². The van der Waals surface area contributed by atoms with Crippen molar-refractivity contribution in [2.24, 2.45) is 0 Å². The van der Waals surface area contributed by atoms with Crippen molar-refractivity contribution in [1.29, 1.82) is 0 Å². The molecule has 1 amide bonds.